The van der Waals surface area contributed by atoms with Crippen molar-refractivity contribution in [2.24, 2.45) is 0 Å². The van der Waals surface area contributed by atoms with Gasteiger partial charge in [-0.15, -0.1) is 0 Å². The second kappa shape index (κ2) is 5.82. The van der Waals surface area contributed by atoms with Gasteiger partial charge >= 0.3 is 0 Å². The molecule has 0 spiro atoms. The number of benzene rings is 2. The van der Waals surface area contributed by atoms with E-state index in [1.54, 1.807) is 0 Å². The summed E-state index contributed by atoms with van der Waals surface area (Å²) in [6.07, 6.45) is 0. The van der Waals surface area contributed by atoms with E-state index in [1.807, 2.05) is 51.1 Å². The minimum atomic E-state index is -0.125. The first kappa shape index (κ1) is 15.2. The number of carbonyl (C=O) groups is 1. The number of anilines is 1. The number of rotatable bonds is 2. The predicted molar refractivity (Wildman–Crippen MR) is 95.9 cm³/mol. The Balaban J connectivity index is 1.95. The highest BCUT2D eigenvalue weighted by atomic mass is 79.9. The number of para-hydroxylation sites is 1. The summed E-state index contributed by atoms with van der Waals surface area (Å²) in [7, 11) is 0. The van der Waals surface area contributed by atoms with Crippen LogP contribution in [0.3, 0.4) is 0 Å². The van der Waals surface area contributed by atoms with Gasteiger partial charge in [0.2, 0.25) is 0 Å². The summed E-state index contributed by atoms with van der Waals surface area (Å²) in [6, 6.07) is 9.73. The molecule has 0 bridgehead atoms. The molecule has 1 aromatic heterocycles. The SMILES string of the molecule is Cc1c(Br)cc(C(=O)Nc2nc3ccccc3s2)c(C)c1C. The highest BCUT2D eigenvalue weighted by Gasteiger charge is 2.16. The Morgan fingerprint density at radius 1 is 1.14 bits per heavy atom. The normalized spacial score (nSPS) is 10.9. The van der Waals surface area contributed by atoms with Crippen LogP contribution in [0.1, 0.15) is 27.0 Å². The molecule has 3 rings (SSSR count). The first-order valence-electron chi connectivity index (χ1n) is 6.90. The molecule has 2 aromatic carbocycles. The van der Waals surface area contributed by atoms with Crippen molar-refractivity contribution in [2.75, 3.05) is 5.32 Å². The number of aromatic nitrogens is 1. The Bertz CT molecular complexity index is 853. The number of thiazole rings is 1. The maximum absolute atomic E-state index is 12.6. The van der Waals surface area contributed by atoms with E-state index in [4.69, 9.17) is 0 Å². The fourth-order valence-corrected chi connectivity index (χ4v) is 3.72. The summed E-state index contributed by atoms with van der Waals surface area (Å²) < 4.78 is 2.01. The Morgan fingerprint density at radius 3 is 2.59 bits per heavy atom. The number of halogens is 1. The third kappa shape index (κ3) is 2.66. The third-order valence-electron chi connectivity index (χ3n) is 3.92. The van der Waals surface area contributed by atoms with Crippen molar-refractivity contribution in [3.63, 3.8) is 0 Å². The molecule has 112 valence electrons. The van der Waals surface area contributed by atoms with Gasteiger partial charge in [-0.2, -0.15) is 0 Å². The molecular weight excluding hydrogens is 360 g/mol. The molecule has 0 unspecified atom stereocenters. The van der Waals surface area contributed by atoms with E-state index in [9.17, 15) is 4.79 Å². The van der Waals surface area contributed by atoms with Crippen molar-refractivity contribution in [2.45, 2.75) is 20.8 Å². The molecule has 1 amide bonds. The first-order chi connectivity index (χ1) is 10.5. The third-order valence-corrected chi connectivity index (χ3v) is 5.69. The van der Waals surface area contributed by atoms with Crippen molar-refractivity contribution in [3.05, 3.63) is 57.1 Å². The second-order valence-electron chi connectivity index (χ2n) is 5.22. The topological polar surface area (TPSA) is 42.0 Å². The molecule has 0 fully saturated rings. The largest absolute Gasteiger partial charge is 0.298 e. The second-order valence-corrected chi connectivity index (χ2v) is 7.11. The molecule has 0 radical (unpaired) electrons. The van der Waals surface area contributed by atoms with Crippen molar-refractivity contribution in [1.82, 2.24) is 4.98 Å². The summed E-state index contributed by atoms with van der Waals surface area (Å²) in [5.74, 6) is -0.125. The van der Waals surface area contributed by atoms with Crippen LogP contribution in [-0.4, -0.2) is 10.9 Å². The number of hydrogen-bond donors (Lipinski definition) is 1. The molecule has 1 heterocycles. The lowest BCUT2D eigenvalue weighted by molar-refractivity contribution is 0.102. The highest BCUT2D eigenvalue weighted by Crippen LogP contribution is 2.28. The fraction of sp³-hybridized carbons (Fsp3) is 0.176. The van der Waals surface area contributed by atoms with Gasteiger partial charge in [0.15, 0.2) is 5.13 Å². The number of amides is 1. The molecule has 1 N–H and O–H groups in total. The van der Waals surface area contributed by atoms with Crippen molar-refractivity contribution in [3.8, 4) is 0 Å². The number of nitrogens with one attached hydrogen (secondary N) is 1. The monoisotopic (exact) mass is 374 g/mol. The van der Waals surface area contributed by atoms with E-state index >= 15 is 0 Å². The lowest BCUT2D eigenvalue weighted by Gasteiger charge is -2.12. The van der Waals surface area contributed by atoms with E-state index in [2.05, 4.69) is 26.2 Å². The average molecular weight is 375 g/mol. The Hall–Kier alpha value is -1.72. The highest BCUT2D eigenvalue weighted by molar-refractivity contribution is 9.10. The van der Waals surface area contributed by atoms with Crippen LogP contribution in [0.4, 0.5) is 5.13 Å². The summed E-state index contributed by atoms with van der Waals surface area (Å²) >= 11 is 5.00. The molecule has 3 nitrogen and oxygen atoms in total. The van der Waals surface area contributed by atoms with Crippen LogP contribution < -0.4 is 5.32 Å². The molecule has 5 heteroatoms. The minimum Gasteiger partial charge on any atom is -0.298 e. The number of nitrogens with zero attached hydrogens (tertiary/aromatic N) is 1. The molecule has 0 atom stereocenters. The van der Waals surface area contributed by atoms with Crippen LogP contribution >= 0.6 is 27.3 Å². The average Bonchev–Trinajstić information content (AvgIpc) is 2.90. The van der Waals surface area contributed by atoms with Crippen molar-refractivity contribution in [1.29, 1.82) is 0 Å². The molecule has 0 saturated carbocycles. The lowest BCUT2D eigenvalue weighted by Crippen LogP contribution is -2.14. The smallest absolute Gasteiger partial charge is 0.257 e. The predicted octanol–water partition coefficient (Wildman–Crippen LogP) is 5.24. The summed E-state index contributed by atoms with van der Waals surface area (Å²) in [6.45, 7) is 6.05. The molecule has 0 aliphatic heterocycles. The standard InChI is InChI=1S/C17H15BrN2OS/c1-9-10(2)12(8-13(18)11(9)3)16(21)20-17-19-14-6-4-5-7-15(14)22-17/h4-8H,1-3H3,(H,19,20,21). The summed E-state index contributed by atoms with van der Waals surface area (Å²) in [5.41, 5.74) is 4.87. The zero-order valence-corrected chi connectivity index (χ0v) is 14.9. The zero-order valence-electron chi connectivity index (χ0n) is 12.5. The summed E-state index contributed by atoms with van der Waals surface area (Å²) in [5, 5.41) is 3.53. The minimum absolute atomic E-state index is 0.125. The maximum Gasteiger partial charge on any atom is 0.257 e. The number of hydrogen-bond acceptors (Lipinski definition) is 3. The quantitative estimate of drug-likeness (QED) is 0.666. The molecular formula is C17H15BrN2OS. The Kier molecular flexibility index (Phi) is 4.02. The fourth-order valence-electron chi connectivity index (χ4n) is 2.33. The van der Waals surface area contributed by atoms with E-state index < -0.39 is 0 Å². The van der Waals surface area contributed by atoms with Gasteiger partial charge in [0, 0.05) is 10.0 Å². The van der Waals surface area contributed by atoms with E-state index in [0.29, 0.717) is 10.7 Å². The van der Waals surface area contributed by atoms with Crippen molar-refractivity contribution < 1.29 is 4.79 Å². The van der Waals surface area contributed by atoms with Gasteiger partial charge in [0.1, 0.15) is 0 Å². The molecule has 3 aromatic rings. The van der Waals surface area contributed by atoms with Gasteiger partial charge < -0.3 is 0 Å². The van der Waals surface area contributed by atoms with Crippen LogP contribution in [0.5, 0.6) is 0 Å². The first-order valence-corrected chi connectivity index (χ1v) is 8.51. The Morgan fingerprint density at radius 2 is 1.86 bits per heavy atom. The lowest BCUT2D eigenvalue weighted by atomic mass is 9.98. The summed E-state index contributed by atoms with van der Waals surface area (Å²) in [4.78, 5) is 17.0. The number of fused-ring (bicyclic) bond motifs is 1. The van der Waals surface area contributed by atoms with Crippen LogP contribution in [0.25, 0.3) is 10.2 Å². The van der Waals surface area contributed by atoms with Crippen LogP contribution in [0, 0.1) is 20.8 Å². The van der Waals surface area contributed by atoms with E-state index in [0.717, 1.165) is 31.4 Å². The van der Waals surface area contributed by atoms with Gasteiger partial charge in [-0.3, -0.25) is 10.1 Å². The van der Waals surface area contributed by atoms with E-state index in [1.165, 1.54) is 11.3 Å². The molecule has 0 aliphatic rings. The van der Waals surface area contributed by atoms with Crippen molar-refractivity contribution >= 4 is 48.5 Å². The van der Waals surface area contributed by atoms with Gasteiger partial charge in [-0.1, -0.05) is 39.4 Å². The van der Waals surface area contributed by atoms with E-state index in [-0.39, 0.29) is 5.91 Å². The molecule has 22 heavy (non-hydrogen) atoms. The number of carbonyl (C=O) groups excluding carboxylic acids is 1. The van der Waals surface area contributed by atoms with Gasteiger partial charge in [0.25, 0.3) is 5.91 Å². The molecule has 0 saturated heterocycles. The van der Waals surface area contributed by atoms with Gasteiger partial charge in [-0.25, -0.2) is 4.98 Å². The van der Waals surface area contributed by atoms with Crippen LogP contribution in [-0.2, 0) is 0 Å². The Labute approximate surface area is 141 Å². The van der Waals surface area contributed by atoms with Crippen LogP contribution in [0.2, 0.25) is 0 Å². The maximum atomic E-state index is 12.6. The van der Waals surface area contributed by atoms with Gasteiger partial charge in [0.05, 0.1) is 10.2 Å². The molecule has 0 aliphatic carbocycles. The van der Waals surface area contributed by atoms with Gasteiger partial charge in [-0.05, 0) is 55.7 Å². The van der Waals surface area contributed by atoms with Crippen LogP contribution in [0.15, 0.2) is 34.8 Å². The zero-order chi connectivity index (χ0) is 15.9.